The third-order valence-electron chi connectivity index (χ3n) is 2.96. The van der Waals surface area contributed by atoms with E-state index in [-0.39, 0.29) is 0 Å². The summed E-state index contributed by atoms with van der Waals surface area (Å²) in [7, 11) is 0. The number of anilines is 1. The molecule has 0 spiro atoms. The number of fused-ring (bicyclic) bond motifs is 1. The van der Waals surface area contributed by atoms with E-state index in [2.05, 4.69) is 42.5 Å². The van der Waals surface area contributed by atoms with E-state index in [1.807, 2.05) is 35.3 Å². The summed E-state index contributed by atoms with van der Waals surface area (Å²) in [5.41, 5.74) is 1.43. The molecule has 0 saturated carbocycles. The lowest BCUT2D eigenvalue weighted by Gasteiger charge is -2.23. The van der Waals surface area contributed by atoms with Crippen molar-refractivity contribution in [2.75, 3.05) is 29.7 Å². The fourth-order valence-electron chi connectivity index (χ4n) is 2.08. The van der Waals surface area contributed by atoms with Gasteiger partial charge in [0.05, 0.1) is 11.1 Å². The number of thioether (sulfide) groups is 3. The van der Waals surface area contributed by atoms with Crippen molar-refractivity contribution < 1.29 is 0 Å². The minimum atomic E-state index is 0.587. The molecule has 0 N–H and O–H groups in total. The number of benzene rings is 1. The largest absolute Gasteiger partial charge is 0.359 e. The zero-order chi connectivity index (χ0) is 12.3. The lowest BCUT2D eigenvalue weighted by molar-refractivity contribution is 0.773. The Morgan fingerprint density at radius 3 is 2.88 bits per heavy atom. The van der Waals surface area contributed by atoms with Gasteiger partial charge in [-0.05, 0) is 49.8 Å². The zero-order valence-corrected chi connectivity index (χ0v) is 13.1. The predicted octanol–water partition coefficient (Wildman–Crippen LogP) is 4.42. The summed E-state index contributed by atoms with van der Waals surface area (Å²) in [4.78, 5) is 5.36. The Morgan fingerprint density at radius 1 is 1.35 bits per heavy atom. The Kier molecular flexibility index (Phi) is 5.00. The Labute approximate surface area is 117 Å². The monoisotopic (exact) mass is 285 g/mol. The van der Waals surface area contributed by atoms with E-state index in [1.54, 1.807) is 0 Å². The highest BCUT2D eigenvalue weighted by Gasteiger charge is 2.26. The zero-order valence-electron chi connectivity index (χ0n) is 10.6. The summed E-state index contributed by atoms with van der Waals surface area (Å²) in [6.45, 7) is 3.49. The van der Waals surface area contributed by atoms with Crippen LogP contribution < -0.4 is 4.90 Å². The van der Waals surface area contributed by atoms with Crippen LogP contribution in [0.1, 0.15) is 13.3 Å². The highest BCUT2D eigenvalue weighted by molar-refractivity contribution is 8.00. The van der Waals surface area contributed by atoms with Crippen LogP contribution in [0.5, 0.6) is 0 Å². The van der Waals surface area contributed by atoms with Crippen LogP contribution in [0.3, 0.4) is 0 Å². The molecule has 0 amide bonds. The third-order valence-corrected chi connectivity index (χ3v) is 5.56. The highest BCUT2D eigenvalue weighted by Crippen LogP contribution is 2.44. The summed E-state index contributed by atoms with van der Waals surface area (Å²) in [6.07, 6.45) is 5.59. The van der Waals surface area contributed by atoms with Crippen molar-refractivity contribution in [2.24, 2.45) is 0 Å². The molecular weight excluding hydrogens is 266 g/mol. The van der Waals surface area contributed by atoms with E-state index in [0.29, 0.717) is 5.37 Å². The van der Waals surface area contributed by atoms with Gasteiger partial charge in [-0.3, -0.25) is 0 Å². The first-order valence-electron chi connectivity index (χ1n) is 5.86. The molecule has 4 heteroatoms. The summed E-state index contributed by atoms with van der Waals surface area (Å²) in [5.74, 6) is 1.26. The molecular formula is C13H19NS3. The van der Waals surface area contributed by atoms with Crippen molar-refractivity contribution >= 4 is 41.0 Å². The predicted molar refractivity (Wildman–Crippen MR) is 83.9 cm³/mol. The average molecular weight is 286 g/mol. The molecule has 1 nitrogen and oxygen atoms in total. The molecule has 0 aliphatic carbocycles. The van der Waals surface area contributed by atoms with E-state index in [1.165, 1.54) is 34.2 Å². The van der Waals surface area contributed by atoms with Crippen LogP contribution >= 0.6 is 35.3 Å². The molecule has 94 valence electrons. The second-order valence-electron chi connectivity index (χ2n) is 4.09. The van der Waals surface area contributed by atoms with Crippen molar-refractivity contribution in [1.82, 2.24) is 0 Å². The van der Waals surface area contributed by atoms with E-state index in [9.17, 15) is 0 Å². The molecule has 1 aromatic rings. The van der Waals surface area contributed by atoms with Crippen molar-refractivity contribution in [3.05, 3.63) is 18.2 Å². The molecule has 0 radical (unpaired) electrons. The van der Waals surface area contributed by atoms with Crippen LogP contribution in [0.2, 0.25) is 0 Å². The molecule has 1 aromatic carbocycles. The van der Waals surface area contributed by atoms with Crippen LogP contribution in [0, 0.1) is 0 Å². The van der Waals surface area contributed by atoms with Gasteiger partial charge in [-0.25, -0.2) is 0 Å². The standard InChI is InChI=1S/C13H19NS3/c1-10-14(7-4-8-15-2)12-6-5-11(16-3)9-13(12)17-10/h5-6,9-10H,4,7-8H2,1-3H3. The lowest BCUT2D eigenvalue weighted by Crippen LogP contribution is -2.28. The van der Waals surface area contributed by atoms with Crippen LogP contribution in [0.15, 0.2) is 28.0 Å². The Bertz CT molecular complexity index is 381. The van der Waals surface area contributed by atoms with Crippen LogP contribution in [-0.2, 0) is 0 Å². The summed E-state index contributed by atoms with van der Waals surface area (Å²) < 4.78 is 0. The van der Waals surface area contributed by atoms with E-state index in [0.717, 1.165) is 0 Å². The normalized spacial score (nSPS) is 18.5. The van der Waals surface area contributed by atoms with Crippen molar-refractivity contribution in [1.29, 1.82) is 0 Å². The van der Waals surface area contributed by atoms with Gasteiger partial charge in [0.25, 0.3) is 0 Å². The molecule has 0 saturated heterocycles. The first kappa shape index (κ1) is 13.5. The Hall–Kier alpha value is 0.0700. The van der Waals surface area contributed by atoms with Crippen molar-refractivity contribution in [3.63, 3.8) is 0 Å². The Morgan fingerprint density at radius 2 is 2.18 bits per heavy atom. The molecule has 0 bridgehead atoms. The first-order chi connectivity index (χ1) is 8.26. The summed E-state index contributed by atoms with van der Waals surface area (Å²) in [5, 5.41) is 0.587. The SMILES string of the molecule is CSCCCN1c2ccc(SC)cc2SC1C. The molecule has 1 aliphatic heterocycles. The first-order valence-corrected chi connectivity index (χ1v) is 9.36. The minimum Gasteiger partial charge on any atom is -0.359 e. The van der Waals surface area contributed by atoms with Gasteiger partial charge >= 0.3 is 0 Å². The number of nitrogens with zero attached hydrogens (tertiary/aromatic N) is 1. The van der Waals surface area contributed by atoms with Gasteiger partial charge in [-0.15, -0.1) is 11.8 Å². The van der Waals surface area contributed by atoms with Crippen molar-refractivity contribution in [2.45, 2.75) is 28.5 Å². The quantitative estimate of drug-likeness (QED) is 0.581. The third kappa shape index (κ3) is 3.09. The van der Waals surface area contributed by atoms with Gasteiger partial charge < -0.3 is 4.90 Å². The Balaban J connectivity index is 2.10. The van der Waals surface area contributed by atoms with Gasteiger partial charge in [-0.1, -0.05) is 11.8 Å². The molecule has 1 aliphatic rings. The number of hydrogen-bond donors (Lipinski definition) is 0. The molecule has 17 heavy (non-hydrogen) atoms. The van der Waals surface area contributed by atoms with Crippen molar-refractivity contribution in [3.8, 4) is 0 Å². The van der Waals surface area contributed by atoms with Gasteiger partial charge in [0.2, 0.25) is 0 Å². The maximum absolute atomic E-state index is 2.54. The second kappa shape index (κ2) is 6.30. The fraction of sp³-hybridized carbons (Fsp3) is 0.538. The van der Waals surface area contributed by atoms with Gasteiger partial charge in [0.15, 0.2) is 0 Å². The van der Waals surface area contributed by atoms with E-state index < -0.39 is 0 Å². The summed E-state index contributed by atoms with van der Waals surface area (Å²) >= 11 is 5.75. The molecule has 1 unspecified atom stereocenters. The van der Waals surface area contributed by atoms with Crippen LogP contribution in [0.4, 0.5) is 5.69 Å². The van der Waals surface area contributed by atoms with Gasteiger partial charge in [0.1, 0.15) is 0 Å². The van der Waals surface area contributed by atoms with E-state index >= 15 is 0 Å². The van der Waals surface area contributed by atoms with Gasteiger partial charge in [0, 0.05) is 16.3 Å². The number of rotatable bonds is 5. The maximum atomic E-state index is 2.54. The maximum Gasteiger partial charge on any atom is 0.0770 e. The lowest BCUT2D eigenvalue weighted by atomic mass is 10.2. The van der Waals surface area contributed by atoms with E-state index in [4.69, 9.17) is 0 Å². The number of hydrogen-bond acceptors (Lipinski definition) is 4. The smallest absolute Gasteiger partial charge is 0.0770 e. The molecule has 1 atom stereocenters. The highest BCUT2D eigenvalue weighted by atomic mass is 32.2. The second-order valence-corrected chi connectivity index (χ2v) is 7.31. The molecule has 0 aromatic heterocycles. The topological polar surface area (TPSA) is 3.24 Å². The minimum absolute atomic E-state index is 0.587. The fourth-order valence-corrected chi connectivity index (χ4v) is 4.22. The summed E-state index contributed by atoms with van der Waals surface area (Å²) in [6, 6.07) is 6.86. The van der Waals surface area contributed by atoms with Crippen LogP contribution in [0.25, 0.3) is 0 Å². The molecule has 1 heterocycles. The van der Waals surface area contributed by atoms with Crippen LogP contribution in [-0.4, -0.2) is 30.2 Å². The molecule has 2 rings (SSSR count). The average Bonchev–Trinajstić information content (AvgIpc) is 2.65. The van der Waals surface area contributed by atoms with Gasteiger partial charge in [-0.2, -0.15) is 11.8 Å². The molecule has 0 fully saturated rings.